The zero-order valence-corrected chi connectivity index (χ0v) is 13.9. The Kier molecular flexibility index (Phi) is 6.63. The zero-order chi connectivity index (χ0) is 15.2. The molecule has 2 aromatic rings. The van der Waals surface area contributed by atoms with Crippen LogP contribution >= 0.6 is 12.4 Å². The first-order valence-electron chi connectivity index (χ1n) is 7.93. The second-order valence-corrected chi connectivity index (χ2v) is 5.90. The fourth-order valence-corrected chi connectivity index (χ4v) is 2.57. The van der Waals surface area contributed by atoms with Gasteiger partial charge in [-0.2, -0.15) is 0 Å². The Hall–Kier alpha value is -1.84. The molecule has 1 saturated carbocycles. The van der Waals surface area contributed by atoms with E-state index in [9.17, 15) is 4.79 Å². The first-order valence-corrected chi connectivity index (χ1v) is 7.93. The van der Waals surface area contributed by atoms with Gasteiger partial charge >= 0.3 is 0 Å². The van der Waals surface area contributed by atoms with Crippen molar-refractivity contribution in [2.24, 2.45) is 5.92 Å². The van der Waals surface area contributed by atoms with Crippen LogP contribution < -0.4 is 10.6 Å². The SMILES string of the molecule is Cl.O=C(CNCC1CC1)NC(c1ccccc1)c1ccccc1. The lowest BCUT2D eigenvalue weighted by Crippen LogP contribution is -2.37. The fraction of sp³-hybridized carbons (Fsp3) is 0.316. The summed E-state index contributed by atoms with van der Waals surface area (Å²) in [6, 6.07) is 20.1. The smallest absolute Gasteiger partial charge is 0.234 e. The third kappa shape index (κ3) is 5.38. The molecule has 0 aliphatic heterocycles. The molecule has 23 heavy (non-hydrogen) atoms. The molecule has 1 aliphatic carbocycles. The molecule has 2 N–H and O–H groups in total. The maximum Gasteiger partial charge on any atom is 0.234 e. The highest BCUT2D eigenvalue weighted by Gasteiger charge is 2.21. The zero-order valence-electron chi connectivity index (χ0n) is 13.1. The molecule has 0 radical (unpaired) electrons. The Balaban J connectivity index is 0.00000192. The summed E-state index contributed by atoms with van der Waals surface area (Å²) < 4.78 is 0. The Labute approximate surface area is 143 Å². The lowest BCUT2D eigenvalue weighted by molar-refractivity contribution is -0.120. The number of carbonyl (C=O) groups excluding carboxylic acids is 1. The van der Waals surface area contributed by atoms with E-state index < -0.39 is 0 Å². The second-order valence-electron chi connectivity index (χ2n) is 5.90. The average molecular weight is 331 g/mol. The van der Waals surface area contributed by atoms with Gasteiger partial charge in [0.05, 0.1) is 12.6 Å². The van der Waals surface area contributed by atoms with Crippen molar-refractivity contribution < 1.29 is 4.79 Å². The Morgan fingerprint density at radius 3 is 1.96 bits per heavy atom. The maximum absolute atomic E-state index is 12.2. The summed E-state index contributed by atoms with van der Waals surface area (Å²) in [4.78, 5) is 12.2. The standard InChI is InChI=1S/C19H22N2O.ClH/c22-18(14-20-13-15-11-12-15)21-19(16-7-3-1-4-8-16)17-9-5-2-6-10-17;/h1-10,15,19-20H,11-14H2,(H,21,22);1H. The number of rotatable bonds is 7. The van der Waals surface area contributed by atoms with Crippen molar-refractivity contribution in [3.8, 4) is 0 Å². The minimum Gasteiger partial charge on any atom is -0.344 e. The van der Waals surface area contributed by atoms with Gasteiger partial charge in [-0.3, -0.25) is 4.79 Å². The van der Waals surface area contributed by atoms with Gasteiger partial charge in [0.25, 0.3) is 0 Å². The summed E-state index contributed by atoms with van der Waals surface area (Å²) in [5, 5.41) is 6.39. The molecule has 2 aromatic carbocycles. The molecule has 0 unspecified atom stereocenters. The first-order chi connectivity index (χ1) is 10.8. The third-order valence-corrected chi connectivity index (χ3v) is 3.99. The summed E-state index contributed by atoms with van der Waals surface area (Å²) >= 11 is 0. The molecule has 1 aliphatic rings. The van der Waals surface area contributed by atoms with Crippen LogP contribution in [-0.4, -0.2) is 19.0 Å². The highest BCUT2D eigenvalue weighted by atomic mass is 35.5. The number of benzene rings is 2. The number of nitrogens with one attached hydrogen (secondary N) is 2. The van der Waals surface area contributed by atoms with E-state index in [2.05, 4.69) is 34.9 Å². The molecule has 1 amide bonds. The summed E-state index contributed by atoms with van der Waals surface area (Å²) in [7, 11) is 0. The number of hydrogen-bond acceptors (Lipinski definition) is 2. The predicted octanol–water partition coefficient (Wildman–Crippen LogP) is 3.31. The maximum atomic E-state index is 12.2. The summed E-state index contributed by atoms with van der Waals surface area (Å²) in [5.74, 6) is 0.824. The van der Waals surface area contributed by atoms with E-state index in [1.807, 2.05) is 36.4 Å². The van der Waals surface area contributed by atoms with Crippen molar-refractivity contribution in [2.45, 2.75) is 18.9 Å². The van der Waals surface area contributed by atoms with Gasteiger partial charge in [-0.15, -0.1) is 12.4 Å². The van der Waals surface area contributed by atoms with Crippen molar-refractivity contribution in [3.63, 3.8) is 0 Å². The first kappa shape index (κ1) is 17.5. The van der Waals surface area contributed by atoms with E-state index in [0.717, 1.165) is 23.6 Å². The van der Waals surface area contributed by atoms with Gasteiger partial charge in [-0.1, -0.05) is 60.7 Å². The highest BCUT2D eigenvalue weighted by molar-refractivity contribution is 5.85. The van der Waals surface area contributed by atoms with E-state index in [0.29, 0.717) is 6.54 Å². The monoisotopic (exact) mass is 330 g/mol. The quantitative estimate of drug-likeness (QED) is 0.817. The van der Waals surface area contributed by atoms with Crippen LogP contribution in [0, 0.1) is 5.92 Å². The van der Waals surface area contributed by atoms with Crippen LogP contribution in [0.4, 0.5) is 0 Å². The van der Waals surface area contributed by atoms with Gasteiger partial charge in [-0.05, 0) is 36.4 Å². The molecule has 3 rings (SSSR count). The molecular weight excluding hydrogens is 308 g/mol. The van der Waals surface area contributed by atoms with Crippen LogP contribution in [0.1, 0.15) is 30.0 Å². The molecule has 0 spiro atoms. The average Bonchev–Trinajstić information content (AvgIpc) is 3.39. The summed E-state index contributed by atoms with van der Waals surface area (Å²) in [5.41, 5.74) is 2.20. The van der Waals surface area contributed by atoms with Crippen molar-refractivity contribution in [2.75, 3.05) is 13.1 Å². The number of amides is 1. The Morgan fingerprint density at radius 2 is 1.48 bits per heavy atom. The van der Waals surface area contributed by atoms with E-state index in [1.165, 1.54) is 12.8 Å². The summed E-state index contributed by atoms with van der Waals surface area (Å²) in [6.45, 7) is 1.33. The van der Waals surface area contributed by atoms with E-state index in [-0.39, 0.29) is 24.4 Å². The fourth-order valence-electron chi connectivity index (χ4n) is 2.57. The number of hydrogen-bond donors (Lipinski definition) is 2. The molecule has 0 saturated heterocycles. The van der Waals surface area contributed by atoms with Crippen LogP contribution in [-0.2, 0) is 4.79 Å². The molecule has 3 nitrogen and oxygen atoms in total. The third-order valence-electron chi connectivity index (χ3n) is 3.99. The Bertz CT molecular complexity index is 560. The lowest BCUT2D eigenvalue weighted by Gasteiger charge is -2.20. The van der Waals surface area contributed by atoms with Crippen molar-refractivity contribution in [1.29, 1.82) is 0 Å². The molecular formula is C19H23ClN2O. The molecule has 4 heteroatoms. The van der Waals surface area contributed by atoms with Gasteiger partial charge in [-0.25, -0.2) is 0 Å². The van der Waals surface area contributed by atoms with Crippen LogP contribution in [0.25, 0.3) is 0 Å². The van der Waals surface area contributed by atoms with Crippen molar-refractivity contribution in [1.82, 2.24) is 10.6 Å². The Morgan fingerprint density at radius 1 is 0.957 bits per heavy atom. The van der Waals surface area contributed by atoms with Crippen molar-refractivity contribution >= 4 is 18.3 Å². The van der Waals surface area contributed by atoms with Gasteiger partial charge in [0.1, 0.15) is 0 Å². The molecule has 122 valence electrons. The second kappa shape index (κ2) is 8.70. The van der Waals surface area contributed by atoms with Crippen molar-refractivity contribution in [3.05, 3.63) is 71.8 Å². The summed E-state index contributed by atoms with van der Waals surface area (Å²) in [6.07, 6.45) is 2.59. The van der Waals surface area contributed by atoms with Gasteiger partial charge < -0.3 is 10.6 Å². The minimum absolute atomic E-state index is 0. The topological polar surface area (TPSA) is 41.1 Å². The van der Waals surface area contributed by atoms with Gasteiger partial charge in [0.15, 0.2) is 0 Å². The van der Waals surface area contributed by atoms with Gasteiger partial charge in [0.2, 0.25) is 5.91 Å². The molecule has 1 fully saturated rings. The predicted molar refractivity (Wildman–Crippen MR) is 95.7 cm³/mol. The molecule has 0 heterocycles. The van der Waals surface area contributed by atoms with E-state index >= 15 is 0 Å². The van der Waals surface area contributed by atoms with Crippen LogP contribution in [0.3, 0.4) is 0 Å². The highest BCUT2D eigenvalue weighted by Crippen LogP contribution is 2.27. The normalized spacial score (nSPS) is 13.4. The number of halogens is 1. The molecule has 0 atom stereocenters. The van der Waals surface area contributed by atoms with E-state index in [1.54, 1.807) is 0 Å². The molecule has 0 bridgehead atoms. The lowest BCUT2D eigenvalue weighted by atomic mass is 9.99. The minimum atomic E-state index is -0.0994. The van der Waals surface area contributed by atoms with E-state index in [4.69, 9.17) is 0 Å². The van der Waals surface area contributed by atoms with Crippen LogP contribution in [0.5, 0.6) is 0 Å². The van der Waals surface area contributed by atoms with Crippen LogP contribution in [0.2, 0.25) is 0 Å². The largest absolute Gasteiger partial charge is 0.344 e. The van der Waals surface area contributed by atoms with Crippen LogP contribution in [0.15, 0.2) is 60.7 Å². The van der Waals surface area contributed by atoms with Gasteiger partial charge in [0, 0.05) is 0 Å². The number of carbonyl (C=O) groups is 1. The molecule has 0 aromatic heterocycles.